The standard InChI is InChI=1S/C16H18N2O4/c1-11(19)17-13-9-12-5-8-16(6-3-2-4-7-16)22-15(12)10-14(13)18(20)21/h5,8-10H,2-4,6-7H2,1H3,(H,17,19). The number of carbonyl (C=O) groups excluding carboxylic acids is 1. The van der Waals surface area contributed by atoms with E-state index in [1.165, 1.54) is 19.4 Å². The first-order valence-corrected chi connectivity index (χ1v) is 7.47. The van der Waals surface area contributed by atoms with Crippen molar-refractivity contribution in [3.8, 4) is 5.75 Å². The number of nitro benzene ring substituents is 1. The lowest BCUT2D eigenvalue weighted by atomic mass is 9.82. The van der Waals surface area contributed by atoms with Gasteiger partial charge >= 0.3 is 0 Å². The molecule has 1 heterocycles. The third-order valence-corrected chi connectivity index (χ3v) is 4.22. The van der Waals surface area contributed by atoms with Gasteiger partial charge in [-0.2, -0.15) is 0 Å². The molecule has 1 aliphatic heterocycles. The van der Waals surface area contributed by atoms with E-state index in [9.17, 15) is 14.9 Å². The molecule has 1 spiro atoms. The van der Waals surface area contributed by atoms with Crippen molar-refractivity contribution in [3.05, 3.63) is 33.9 Å². The topological polar surface area (TPSA) is 81.5 Å². The maximum Gasteiger partial charge on any atom is 0.296 e. The molecule has 22 heavy (non-hydrogen) atoms. The molecule has 1 aromatic rings. The monoisotopic (exact) mass is 302 g/mol. The van der Waals surface area contributed by atoms with Crippen molar-refractivity contribution in [2.24, 2.45) is 0 Å². The zero-order valence-corrected chi connectivity index (χ0v) is 12.4. The molecule has 1 N–H and O–H groups in total. The Labute approximate surface area is 128 Å². The second-order valence-corrected chi connectivity index (χ2v) is 5.91. The van der Waals surface area contributed by atoms with E-state index >= 15 is 0 Å². The number of nitrogens with zero attached hydrogens (tertiary/aromatic N) is 1. The Morgan fingerprint density at radius 1 is 1.32 bits per heavy atom. The van der Waals surface area contributed by atoms with E-state index in [1.54, 1.807) is 6.07 Å². The molecule has 0 bridgehead atoms. The summed E-state index contributed by atoms with van der Waals surface area (Å²) in [5.74, 6) is 0.178. The number of ether oxygens (including phenoxy) is 1. The van der Waals surface area contributed by atoms with Gasteiger partial charge in [0.15, 0.2) is 0 Å². The highest BCUT2D eigenvalue weighted by molar-refractivity contribution is 5.92. The van der Waals surface area contributed by atoms with E-state index < -0.39 is 4.92 Å². The van der Waals surface area contributed by atoms with E-state index in [-0.39, 0.29) is 22.9 Å². The van der Waals surface area contributed by atoms with Crippen LogP contribution in [0.25, 0.3) is 6.08 Å². The van der Waals surface area contributed by atoms with Crippen LogP contribution in [0.15, 0.2) is 18.2 Å². The summed E-state index contributed by atoms with van der Waals surface area (Å²) in [6.45, 7) is 1.33. The van der Waals surface area contributed by atoms with Crippen LogP contribution in [0, 0.1) is 10.1 Å². The Morgan fingerprint density at radius 3 is 2.68 bits per heavy atom. The summed E-state index contributed by atoms with van der Waals surface area (Å²) in [6.07, 6.45) is 9.27. The van der Waals surface area contributed by atoms with Crippen LogP contribution in [0.3, 0.4) is 0 Å². The van der Waals surface area contributed by atoms with Gasteiger partial charge in [-0.25, -0.2) is 0 Å². The zero-order valence-electron chi connectivity index (χ0n) is 12.4. The first-order chi connectivity index (χ1) is 10.5. The number of hydrogen-bond donors (Lipinski definition) is 1. The molecule has 0 atom stereocenters. The molecule has 1 fully saturated rings. The number of hydrogen-bond acceptors (Lipinski definition) is 4. The lowest BCUT2D eigenvalue weighted by Gasteiger charge is -2.38. The van der Waals surface area contributed by atoms with Crippen molar-refractivity contribution >= 4 is 23.4 Å². The maximum atomic E-state index is 11.2. The highest BCUT2D eigenvalue weighted by Crippen LogP contribution is 2.43. The van der Waals surface area contributed by atoms with Crippen molar-refractivity contribution < 1.29 is 14.5 Å². The zero-order chi connectivity index (χ0) is 15.7. The van der Waals surface area contributed by atoms with Crippen molar-refractivity contribution in [2.45, 2.75) is 44.6 Å². The van der Waals surface area contributed by atoms with E-state index in [0.717, 1.165) is 31.2 Å². The second kappa shape index (κ2) is 5.44. The predicted octanol–water partition coefficient (Wildman–Crippen LogP) is 3.66. The third-order valence-electron chi connectivity index (χ3n) is 4.22. The number of fused-ring (bicyclic) bond motifs is 1. The molecule has 2 aliphatic rings. The number of nitrogens with one attached hydrogen (secondary N) is 1. The van der Waals surface area contributed by atoms with Gasteiger partial charge in [-0.05, 0) is 37.8 Å². The predicted molar refractivity (Wildman–Crippen MR) is 82.9 cm³/mol. The van der Waals surface area contributed by atoms with Gasteiger partial charge in [-0.15, -0.1) is 0 Å². The van der Waals surface area contributed by atoms with Crippen LogP contribution in [0.4, 0.5) is 11.4 Å². The summed E-state index contributed by atoms with van der Waals surface area (Å²) in [5, 5.41) is 13.7. The number of anilines is 1. The molecule has 1 saturated carbocycles. The minimum atomic E-state index is -0.499. The summed E-state index contributed by atoms with van der Waals surface area (Å²) in [6, 6.07) is 3.02. The Kier molecular flexibility index (Phi) is 3.60. The highest BCUT2D eigenvalue weighted by atomic mass is 16.6. The first-order valence-electron chi connectivity index (χ1n) is 7.47. The molecule has 0 aromatic heterocycles. The fourth-order valence-corrected chi connectivity index (χ4v) is 3.16. The Bertz CT molecular complexity index is 660. The van der Waals surface area contributed by atoms with Crippen LogP contribution in [0.1, 0.15) is 44.6 Å². The lowest BCUT2D eigenvalue weighted by Crippen LogP contribution is -2.37. The van der Waals surface area contributed by atoms with Gasteiger partial charge in [0, 0.05) is 12.5 Å². The van der Waals surface area contributed by atoms with Gasteiger partial charge in [0.2, 0.25) is 5.91 Å². The molecule has 1 amide bonds. The maximum absolute atomic E-state index is 11.2. The van der Waals surface area contributed by atoms with Crippen LogP contribution in [-0.4, -0.2) is 16.4 Å². The van der Waals surface area contributed by atoms with Gasteiger partial charge in [-0.3, -0.25) is 14.9 Å². The molecular weight excluding hydrogens is 284 g/mol. The smallest absolute Gasteiger partial charge is 0.296 e. The number of benzene rings is 1. The van der Waals surface area contributed by atoms with Crippen molar-refractivity contribution in [1.29, 1.82) is 0 Å². The Morgan fingerprint density at radius 2 is 2.05 bits per heavy atom. The average Bonchev–Trinajstić information content (AvgIpc) is 2.47. The van der Waals surface area contributed by atoms with Gasteiger partial charge in [0.05, 0.1) is 11.0 Å². The molecule has 1 aromatic carbocycles. The second-order valence-electron chi connectivity index (χ2n) is 5.91. The van der Waals surface area contributed by atoms with Gasteiger partial charge in [0.25, 0.3) is 5.69 Å². The van der Waals surface area contributed by atoms with Crippen LogP contribution in [0.5, 0.6) is 5.75 Å². The van der Waals surface area contributed by atoms with Crippen molar-refractivity contribution in [1.82, 2.24) is 0 Å². The van der Waals surface area contributed by atoms with Crippen LogP contribution >= 0.6 is 0 Å². The SMILES string of the molecule is CC(=O)Nc1cc2c(cc1[N+](=O)[O-])OC1(C=C2)CCCCC1. The lowest BCUT2D eigenvalue weighted by molar-refractivity contribution is -0.384. The fourth-order valence-electron chi connectivity index (χ4n) is 3.16. The molecule has 116 valence electrons. The summed E-state index contributed by atoms with van der Waals surface area (Å²) < 4.78 is 6.11. The number of amides is 1. The molecule has 6 nitrogen and oxygen atoms in total. The number of rotatable bonds is 2. The largest absolute Gasteiger partial charge is 0.482 e. The van der Waals surface area contributed by atoms with Crippen molar-refractivity contribution in [3.63, 3.8) is 0 Å². The third kappa shape index (κ3) is 2.68. The first kappa shape index (κ1) is 14.6. The van der Waals surface area contributed by atoms with E-state index in [1.807, 2.05) is 6.08 Å². The molecule has 3 rings (SSSR count). The van der Waals surface area contributed by atoms with Crippen LogP contribution in [-0.2, 0) is 4.79 Å². The summed E-state index contributed by atoms with van der Waals surface area (Å²) >= 11 is 0. The molecule has 0 saturated heterocycles. The molecule has 0 radical (unpaired) electrons. The quantitative estimate of drug-likeness (QED) is 0.667. The van der Waals surface area contributed by atoms with Crippen molar-refractivity contribution in [2.75, 3.05) is 5.32 Å². The van der Waals surface area contributed by atoms with E-state index in [2.05, 4.69) is 11.4 Å². The van der Waals surface area contributed by atoms with E-state index in [4.69, 9.17) is 4.74 Å². The minimum absolute atomic E-state index is 0.143. The van der Waals surface area contributed by atoms with Gasteiger partial charge < -0.3 is 10.1 Å². The minimum Gasteiger partial charge on any atom is -0.482 e. The molecule has 0 unspecified atom stereocenters. The number of carbonyl (C=O) groups is 1. The summed E-state index contributed by atoms with van der Waals surface area (Å²) in [5.41, 5.74) is 0.485. The average molecular weight is 302 g/mol. The highest BCUT2D eigenvalue weighted by Gasteiger charge is 2.35. The normalized spacial score (nSPS) is 18.4. The molecule has 6 heteroatoms. The van der Waals surface area contributed by atoms with Crippen LogP contribution < -0.4 is 10.1 Å². The molecule has 1 aliphatic carbocycles. The number of nitro groups is 1. The summed E-state index contributed by atoms with van der Waals surface area (Å²) in [4.78, 5) is 22.0. The Balaban J connectivity index is 2.00. The summed E-state index contributed by atoms with van der Waals surface area (Å²) in [7, 11) is 0. The molecular formula is C16H18N2O4. The van der Waals surface area contributed by atoms with Crippen LogP contribution in [0.2, 0.25) is 0 Å². The van der Waals surface area contributed by atoms with Gasteiger partial charge in [-0.1, -0.05) is 12.5 Å². The van der Waals surface area contributed by atoms with E-state index in [0.29, 0.717) is 5.75 Å². The fraction of sp³-hybridized carbons (Fsp3) is 0.438. The van der Waals surface area contributed by atoms with Gasteiger partial charge in [0.1, 0.15) is 17.0 Å². The Hall–Kier alpha value is -2.37.